The molecule has 0 atom stereocenters. The number of nitrogens with one attached hydrogen (secondary N) is 1. The number of benzene rings is 2. The van der Waals surface area contributed by atoms with Crippen molar-refractivity contribution in [1.29, 1.82) is 0 Å². The molecule has 5 nitrogen and oxygen atoms in total. The highest BCUT2D eigenvalue weighted by Crippen LogP contribution is 2.27. The Morgan fingerprint density at radius 1 is 1.27 bits per heavy atom. The van der Waals surface area contributed by atoms with Gasteiger partial charge in [0.2, 0.25) is 5.91 Å². The molecule has 3 rings (SSSR count). The summed E-state index contributed by atoms with van der Waals surface area (Å²) in [6.07, 6.45) is 6.89. The molecule has 0 unspecified atom stereocenters. The van der Waals surface area contributed by atoms with Gasteiger partial charge in [-0.2, -0.15) is 0 Å². The lowest BCUT2D eigenvalue weighted by Gasteiger charge is -2.26. The van der Waals surface area contributed by atoms with Gasteiger partial charge >= 0.3 is 0 Å². The van der Waals surface area contributed by atoms with Crippen LogP contribution in [0, 0.1) is 0 Å². The molecule has 2 aromatic carbocycles. The number of amides is 1. The quantitative estimate of drug-likeness (QED) is 0.735. The fraction of sp³-hybridized carbons (Fsp3) is 0.286. The number of methoxy groups -OCH3 is 1. The van der Waals surface area contributed by atoms with Crippen LogP contribution in [-0.4, -0.2) is 24.2 Å². The number of para-hydroxylation sites is 1. The van der Waals surface area contributed by atoms with Crippen LogP contribution < -0.4 is 10.1 Å². The Bertz CT molecular complexity index is 796. The molecular weight excluding hydrogens is 330 g/mol. The lowest BCUT2D eigenvalue weighted by atomic mass is 9.96. The maximum absolute atomic E-state index is 12.2. The molecule has 0 heterocycles. The number of phenols is 1. The number of rotatable bonds is 7. The van der Waals surface area contributed by atoms with Crippen LogP contribution in [0.4, 0.5) is 5.69 Å². The lowest BCUT2D eigenvalue weighted by Crippen LogP contribution is -2.21. The zero-order chi connectivity index (χ0) is 18.4. The van der Waals surface area contributed by atoms with E-state index >= 15 is 0 Å². The first kappa shape index (κ1) is 18.0. The van der Waals surface area contributed by atoms with Crippen molar-refractivity contribution in [1.82, 2.24) is 0 Å². The van der Waals surface area contributed by atoms with Crippen molar-refractivity contribution in [3.8, 4) is 11.5 Å². The third kappa shape index (κ3) is 4.64. The predicted octanol–water partition coefficient (Wildman–Crippen LogP) is 4.12. The highest BCUT2D eigenvalue weighted by atomic mass is 16.5. The summed E-state index contributed by atoms with van der Waals surface area (Å²) in [7, 11) is 1.49. The van der Waals surface area contributed by atoms with Gasteiger partial charge in [-0.1, -0.05) is 24.3 Å². The summed E-state index contributed by atoms with van der Waals surface area (Å²) in [5, 5.41) is 12.7. The fourth-order valence-electron chi connectivity index (χ4n) is 2.67. The third-order valence-electron chi connectivity index (χ3n) is 4.43. The van der Waals surface area contributed by atoms with Gasteiger partial charge in [0, 0.05) is 17.3 Å². The summed E-state index contributed by atoms with van der Waals surface area (Å²) in [5.74, 6) is 0.192. The van der Waals surface area contributed by atoms with E-state index in [0.717, 1.165) is 24.1 Å². The number of anilines is 1. The van der Waals surface area contributed by atoms with Crippen molar-refractivity contribution in [3.05, 3.63) is 59.7 Å². The van der Waals surface area contributed by atoms with Crippen molar-refractivity contribution >= 4 is 17.7 Å². The molecule has 0 bridgehead atoms. The summed E-state index contributed by atoms with van der Waals surface area (Å²) in [6, 6.07) is 12.6. The van der Waals surface area contributed by atoms with E-state index in [1.165, 1.54) is 19.6 Å². The predicted molar refractivity (Wildman–Crippen MR) is 101 cm³/mol. The van der Waals surface area contributed by atoms with Crippen molar-refractivity contribution < 1.29 is 19.4 Å². The number of carbonyl (C=O) groups excluding carboxylic acids is 1. The highest BCUT2D eigenvalue weighted by Gasteiger charge is 2.18. The smallest absolute Gasteiger partial charge is 0.248 e. The average molecular weight is 353 g/mol. The van der Waals surface area contributed by atoms with Gasteiger partial charge in [0.25, 0.3) is 0 Å². The number of ether oxygens (including phenoxy) is 2. The van der Waals surface area contributed by atoms with Crippen LogP contribution in [0.25, 0.3) is 6.08 Å². The van der Waals surface area contributed by atoms with Crippen molar-refractivity contribution in [2.75, 3.05) is 12.4 Å². The molecule has 26 heavy (non-hydrogen) atoms. The Morgan fingerprint density at radius 3 is 2.77 bits per heavy atom. The Morgan fingerprint density at radius 2 is 2.08 bits per heavy atom. The van der Waals surface area contributed by atoms with Gasteiger partial charge in [-0.05, 0) is 49.1 Å². The highest BCUT2D eigenvalue weighted by molar-refractivity contribution is 6.02. The SMILES string of the molecule is COc1ccc(C=CC(=O)Nc2ccccc2COC2CCC2)cc1O. The molecule has 2 N–H and O–H groups in total. The van der Waals surface area contributed by atoms with Crippen LogP contribution >= 0.6 is 0 Å². The first-order valence-corrected chi connectivity index (χ1v) is 8.71. The summed E-state index contributed by atoms with van der Waals surface area (Å²) >= 11 is 0. The van der Waals surface area contributed by atoms with Gasteiger partial charge in [0.15, 0.2) is 11.5 Å². The molecule has 1 fully saturated rings. The largest absolute Gasteiger partial charge is 0.504 e. The standard InChI is InChI=1S/C21H23NO4/c1-25-20-11-9-15(13-19(20)23)10-12-21(24)22-18-8-3-2-5-16(18)14-26-17-6-4-7-17/h2-3,5,8-13,17,23H,4,6-7,14H2,1H3,(H,22,24). The second-order valence-electron chi connectivity index (χ2n) is 6.27. The number of phenolic OH excluding ortho intramolecular Hbond substituents is 1. The molecule has 0 saturated heterocycles. The molecular formula is C21H23NO4. The van der Waals surface area contributed by atoms with Crippen LogP contribution in [0.15, 0.2) is 48.5 Å². The Balaban J connectivity index is 1.61. The second kappa shape index (κ2) is 8.54. The first-order chi connectivity index (χ1) is 12.7. The molecule has 0 aromatic heterocycles. The molecule has 136 valence electrons. The van der Waals surface area contributed by atoms with Gasteiger partial charge in [0.1, 0.15) is 0 Å². The zero-order valence-electron chi connectivity index (χ0n) is 14.8. The third-order valence-corrected chi connectivity index (χ3v) is 4.43. The monoisotopic (exact) mass is 353 g/mol. The average Bonchev–Trinajstić information content (AvgIpc) is 2.60. The van der Waals surface area contributed by atoms with Crippen LogP contribution in [-0.2, 0) is 16.1 Å². The van der Waals surface area contributed by atoms with E-state index in [-0.39, 0.29) is 11.7 Å². The van der Waals surface area contributed by atoms with E-state index in [0.29, 0.717) is 24.0 Å². The maximum atomic E-state index is 12.2. The fourth-order valence-corrected chi connectivity index (χ4v) is 2.67. The first-order valence-electron chi connectivity index (χ1n) is 8.71. The van der Waals surface area contributed by atoms with Crippen LogP contribution in [0.1, 0.15) is 30.4 Å². The van der Waals surface area contributed by atoms with E-state index in [1.807, 2.05) is 24.3 Å². The number of aromatic hydroxyl groups is 1. The van der Waals surface area contributed by atoms with Crippen LogP contribution in [0.5, 0.6) is 11.5 Å². The normalized spacial score (nSPS) is 14.2. The number of hydrogen-bond acceptors (Lipinski definition) is 4. The summed E-state index contributed by atoms with van der Waals surface area (Å²) in [5.41, 5.74) is 2.42. The molecule has 2 aromatic rings. The topological polar surface area (TPSA) is 67.8 Å². The van der Waals surface area contributed by atoms with Gasteiger partial charge in [-0.3, -0.25) is 4.79 Å². The molecule has 1 aliphatic rings. The van der Waals surface area contributed by atoms with Crippen molar-refractivity contribution in [3.63, 3.8) is 0 Å². The minimum absolute atomic E-state index is 0.0357. The number of hydrogen-bond donors (Lipinski definition) is 2. The second-order valence-corrected chi connectivity index (χ2v) is 6.27. The van der Waals surface area contributed by atoms with E-state index in [1.54, 1.807) is 24.3 Å². The van der Waals surface area contributed by atoms with E-state index in [4.69, 9.17) is 9.47 Å². The molecule has 0 radical (unpaired) electrons. The minimum atomic E-state index is -0.239. The van der Waals surface area contributed by atoms with Crippen molar-refractivity contribution in [2.45, 2.75) is 32.0 Å². The lowest BCUT2D eigenvalue weighted by molar-refractivity contribution is -0.111. The zero-order valence-corrected chi connectivity index (χ0v) is 14.8. The Hall–Kier alpha value is -2.79. The molecule has 1 saturated carbocycles. The maximum Gasteiger partial charge on any atom is 0.248 e. The summed E-state index contributed by atoms with van der Waals surface area (Å²) in [4.78, 5) is 12.2. The molecule has 1 amide bonds. The Labute approximate surface area is 153 Å². The number of carbonyl (C=O) groups is 1. The van der Waals surface area contributed by atoms with Gasteiger partial charge in [0.05, 0.1) is 19.8 Å². The van der Waals surface area contributed by atoms with Gasteiger partial charge < -0.3 is 19.9 Å². The van der Waals surface area contributed by atoms with Crippen molar-refractivity contribution in [2.24, 2.45) is 0 Å². The van der Waals surface area contributed by atoms with E-state index < -0.39 is 0 Å². The van der Waals surface area contributed by atoms with Gasteiger partial charge in [-0.25, -0.2) is 0 Å². The molecule has 1 aliphatic carbocycles. The van der Waals surface area contributed by atoms with Gasteiger partial charge in [-0.15, -0.1) is 0 Å². The van der Waals surface area contributed by atoms with E-state index in [9.17, 15) is 9.90 Å². The minimum Gasteiger partial charge on any atom is -0.504 e. The van der Waals surface area contributed by atoms with E-state index in [2.05, 4.69) is 5.32 Å². The van der Waals surface area contributed by atoms with Crippen LogP contribution in [0.3, 0.4) is 0 Å². The van der Waals surface area contributed by atoms with Crippen LogP contribution in [0.2, 0.25) is 0 Å². The Kier molecular flexibility index (Phi) is 5.92. The molecule has 5 heteroatoms. The summed E-state index contributed by atoms with van der Waals surface area (Å²) < 4.78 is 10.8. The summed E-state index contributed by atoms with van der Waals surface area (Å²) in [6.45, 7) is 0.497. The molecule has 0 aliphatic heterocycles. The molecule has 0 spiro atoms.